The van der Waals surface area contributed by atoms with E-state index >= 15 is 0 Å². The summed E-state index contributed by atoms with van der Waals surface area (Å²) in [4.78, 5) is 14.6. The summed E-state index contributed by atoms with van der Waals surface area (Å²) in [6.07, 6.45) is 0.649. The Kier molecular flexibility index (Phi) is 3.80. The maximum Gasteiger partial charge on any atom is 0.282 e. The number of alkyl halides is 1. The monoisotopic (exact) mass is 281 g/mol. The highest BCUT2D eigenvalue weighted by molar-refractivity contribution is 6.20. The number of benzene rings is 1. The third kappa shape index (κ3) is 2.73. The molecular formula is C12H12ClN3O3. The minimum absolute atomic E-state index is 0.0663. The van der Waals surface area contributed by atoms with Gasteiger partial charge in [0.1, 0.15) is 5.56 Å². The van der Waals surface area contributed by atoms with Crippen LogP contribution in [0.4, 0.5) is 5.69 Å². The van der Waals surface area contributed by atoms with Crippen LogP contribution in [0.15, 0.2) is 22.7 Å². The second-order valence-corrected chi connectivity index (χ2v) is 4.64. The molecule has 0 spiro atoms. The van der Waals surface area contributed by atoms with Gasteiger partial charge in [0, 0.05) is 6.07 Å². The second-order valence-electron chi connectivity index (χ2n) is 4.11. The van der Waals surface area contributed by atoms with Crippen LogP contribution in [0, 0.1) is 17.0 Å². The number of hydrogen-bond acceptors (Lipinski definition) is 5. The van der Waals surface area contributed by atoms with Gasteiger partial charge in [-0.05, 0) is 25.0 Å². The van der Waals surface area contributed by atoms with Crippen molar-refractivity contribution in [3.63, 3.8) is 0 Å². The lowest BCUT2D eigenvalue weighted by Gasteiger charge is -1.99. The van der Waals surface area contributed by atoms with E-state index in [4.69, 9.17) is 16.1 Å². The van der Waals surface area contributed by atoms with Crippen molar-refractivity contribution < 1.29 is 9.45 Å². The summed E-state index contributed by atoms with van der Waals surface area (Å²) in [5, 5.41) is 14.4. The highest BCUT2D eigenvalue weighted by Crippen LogP contribution is 2.31. The van der Waals surface area contributed by atoms with E-state index in [1.54, 1.807) is 12.1 Å². The lowest BCUT2D eigenvalue weighted by molar-refractivity contribution is -0.384. The van der Waals surface area contributed by atoms with E-state index in [-0.39, 0.29) is 17.0 Å². The fourth-order valence-corrected chi connectivity index (χ4v) is 1.72. The van der Waals surface area contributed by atoms with Crippen molar-refractivity contribution in [2.24, 2.45) is 0 Å². The first kappa shape index (κ1) is 13.5. The number of aromatic nitrogens is 2. The van der Waals surface area contributed by atoms with Gasteiger partial charge < -0.3 is 4.52 Å². The van der Waals surface area contributed by atoms with Gasteiger partial charge in [-0.1, -0.05) is 18.1 Å². The smallest absolute Gasteiger partial charge is 0.282 e. The molecule has 6 nitrogen and oxygen atoms in total. The van der Waals surface area contributed by atoms with Crippen molar-refractivity contribution in [2.45, 2.75) is 25.6 Å². The van der Waals surface area contributed by atoms with Crippen molar-refractivity contribution in [3.8, 4) is 11.5 Å². The fraction of sp³-hybridized carbons (Fsp3) is 0.333. The Morgan fingerprint density at radius 1 is 1.53 bits per heavy atom. The first-order valence-electron chi connectivity index (χ1n) is 5.76. The van der Waals surface area contributed by atoms with Crippen LogP contribution in [0.5, 0.6) is 0 Å². The Morgan fingerprint density at radius 3 is 2.89 bits per heavy atom. The predicted molar refractivity (Wildman–Crippen MR) is 70.0 cm³/mol. The van der Waals surface area contributed by atoms with E-state index in [0.717, 1.165) is 5.56 Å². The number of rotatable bonds is 4. The summed E-state index contributed by atoms with van der Waals surface area (Å²) in [6.45, 7) is 3.73. The zero-order valence-electron chi connectivity index (χ0n) is 10.5. The van der Waals surface area contributed by atoms with Crippen LogP contribution in [0.25, 0.3) is 11.5 Å². The summed E-state index contributed by atoms with van der Waals surface area (Å²) in [5.41, 5.74) is 1.12. The standard InChI is InChI=1S/C12H12ClN3O3/c1-3-9(13)11-14-12(19-15-11)8-6-7(2)4-5-10(8)16(17)18/h4-6,9H,3H2,1-2H3. The summed E-state index contributed by atoms with van der Waals surface area (Å²) in [5.74, 6) is 0.458. The average Bonchev–Trinajstić information content (AvgIpc) is 2.86. The van der Waals surface area contributed by atoms with Gasteiger partial charge in [0.2, 0.25) is 0 Å². The molecule has 0 saturated carbocycles. The highest BCUT2D eigenvalue weighted by Gasteiger charge is 2.22. The number of nitro benzene ring substituents is 1. The first-order valence-corrected chi connectivity index (χ1v) is 6.19. The van der Waals surface area contributed by atoms with Crippen molar-refractivity contribution in [1.82, 2.24) is 10.1 Å². The topological polar surface area (TPSA) is 82.1 Å². The number of nitro groups is 1. The zero-order chi connectivity index (χ0) is 14.0. The van der Waals surface area contributed by atoms with E-state index < -0.39 is 4.92 Å². The van der Waals surface area contributed by atoms with Gasteiger partial charge in [0.25, 0.3) is 11.6 Å². The molecule has 1 unspecified atom stereocenters. The Hall–Kier alpha value is -1.95. The molecule has 0 amide bonds. The quantitative estimate of drug-likeness (QED) is 0.485. The van der Waals surface area contributed by atoms with Gasteiger partial charge in [0.15, 0.2) is 5.82 Å². The molecule has 0 bridgehead atoms. The van der Waals surface area contributed by atoms with Crippen LogP contribution in [-0.4, -0.2) is 15.1 Å². The number of nitrogens with zero attached hydrogens (tertiary/aromatic N) is 3. The molecule has 100 valence electrons. The summed E-state index contributed by atoms with van der Waals surface area (Å²) < 4.78 is 5.07. The molecule has 1 aromatic heterocycles. The minimum atomic E-state index is -0.476. The van der Waals surface area contributed by atoms with Gasteiger partial charge in [-0.25, -0.2) is 0 Å². The van der Waals surface area contributed by atoms with Crippen LogP contribution < -0.4 is 0 Å². The summed E-state index contributed by atoms with van der Waals surface area (Å²) in [7, 11) is 0. The van der Waals surface area contributed by atoms with Crippen LogP contribution in [0.2, 0.25) is 0 Å². The van der Waals surface area contributed by atoms with Gasteiger partial charge in [-0.15, -0.1) is 11.6 Å². The van der Waals surface area contributed by atoms with Crippen LogP contribution in [0.3, 0.4) is 0 Å². The van der Waals surface area contributed by atoms with Crippen LogP contribution in [-0.2, 0) is 0 Å². The van der Waals surface area contributed by atoms with Crippen LogP contribution in [0.1, 0.15) is 30.1 Å². The highest BCUT2D eigenvalue weighted by atomic mass is 35.5. The predicted octanol–water partition coefficient (Wildman–Crippen LogP) is 3.64. The van der Waals surface area contributed by atoms with E-state index in [9.17, 15) is 10.1 Å². The molecular weight excluding hydrogens is 270 g/mol. The number of halogens is 1. The lowest BCUT2D eigenvalue weighted by atomic mass is 10.1. The molecule has 19 heavy (non-hydrogen) atoms. The Bertz CT molecular complexity index is 612. The molecule has 0 fully saturated rings. The summed E-state index contributed by atoms with van der Waals surface area (Å²) >= 11 is 6.01. The average molecular weight is 282 g/mol. The molecule has 1 atom stereocenters. The Morgan fingerprint density at radius 2 is 2.26 bits per heavy atom. The van der Waals surface area contributed by atoms with Crippen molar-refractivity contribution in [1.29, 1.82) is 0 Å². The molecule has 0 radical (unpaired) electrons. The Balaban J connectivity index is 2.49. The lowest BCUT2D eigenvalue weighted by Crippen LogP contribution is -1.94. The molecule has 2 rings (SSSR count). The molecule has 2 aromatic rings. The van der Waals surface area contributed by atoms with E-state index in [1.807, 2.05) is 13.8 Å². The van der Waals surface area contributed by atoms with Gasteiger partial charge in [-0.3, -0.25) is 10.1 Å². The van der Waals surface area contributed by atoms with Crippen molar-refractivity contribution >= 4 is 17.3 Å². The zero-order valence-corrected chi connectivity index (χ0v) is 11.2. The van der Waals surface area contributed by atoms with Crippen LogP contribution >= 0.6 is 11.6 Å². The SMILES string of the molecule is CCC(Cl)c1noc(-c2cc(C)ccc2[N+](=O)[O-])n1. The minimum Gasteiger partial charge on any atom is -0.334 e. The number of hydrogen-bond donors (Lipinski definition) is 0. The molecule has 0 N–H and O–H groups in total. The molecule has 0 aliphatic rings. The second kappa shape index (κ2) is 5.36. The van der Waals surface area contributed by atoms with Gasteiger partial charge in [-0.2, -0.15) is 4.98 Å². The third-order valence-electron chi connectivity index (χ3n) is 2.66. The fourth-order valence-electron chi connectivity index (χ4n) is 1.63. The van der Waals surface area contributed by atoms with E-state index in [1.165, 1.54) is 6.07 Å². The van der Waals surface area contributed by atoms with E-state index in [0.29, 0.717) is 17.8 Å². The van der Waals surface area contributed by atoms with Gasteiger partial charge >= 0.3 is 0 Å². The maximum absolute atomic E-state index is 11.0. The van der Waals surface area contributed by atoms with E-state index in [2.05, 4.69) is 10.1 Å². The normalized spacial score (nSPS) is 12.4. The molecule has 7 heteroatoms. The number of aryl methyl sites for hydroxylation is 1. The molecule has 0 aliphatic carbocycles. The largest absolute Gasteiger partial charge is 0.334 e. The molecule has 0 aliphatic heterocycles. The maximum atomic E-state index is 11.0. The molecule has 0 saturated heterocycles. The third-order valence-corrected chi connectivity index (χ3v) is 3.16. The van der Waals surface area contributed by atoms with Crippen molar-refractivity contribution in [2.75, 3.05) is 0 Å². The van der Waals surface area contributed by atoms with Gasteiger partial charge in [0.05, 0.1) is 10.3 Å². The molecule has 1 heterocycles. The molecule has 1 aromatic carbocycles. The Labute approximate surface area is 114 Å². The summed E-state index contributed by atoms with van der Waals surface area (Å²) in [6, 6.07) is 4.73. The van der Waals surface area contributed by atoms with Crippen molar-refractivity contribution in [3.05, 3.63) is 39.7 Å². The first-order chi connectivity index (χ1) is 9.02.